The minimum atomic E-state index is -0.310. The van der Waals surface area contributed by atoms with Crippen LogP contribution in [0.25, 0.3) is 17.0 Å². The van der Waals surface area contributed by atoms with Crippen LogP contribution in [0.3, 0.4) is 0 Å². The van der Waals surface area contributed by atoms with E-state index in [0.717, 1.165) is 21.3 Å². The molecule has 0 radical (unpaired) electrons. The molecule has 0 saturated heterocycles. The van der Waals surface area contributed by atoms with Crippen molar-refractivity contribution in [2.75, 3.05) is 5.32 Å². The summed E-state index contributed by atoms with van der Waals surface area (Å²) in [6, 6.07) is 13.4. The molecule has 0 bridgehead atoms. The number of imidazole rings is 1. The highest BCUT2D eigenvalue weighted by atomic mass is 79.9. The molecule has 1 aromatic carbocycles. The standard InChI is InChI=1S/C19H14BrN5O/c1-12-14(20)7-9-21-17(12)18(26)23-16-8-10-25-11-15(22-19(25)24-16)13-5-3-2-4-6-13/h2-11H,1H3,(H,22,23,24,26). The number of amides is 1. The number of nitrogens with one attached hydrogen (secondary N) is 1. The van der Waals surface area contributed by atoms with Crippen molar-refractivity contribution in [3.63, 3.8) is 0 Å². The van der Waals surface area contributed by atoms with Crippen LogP contribution in [0, 0.1) is 6.92 Å². The molecule has 0 aliphatic carbocycles. The number of nitrogens with zero attached hydrogens (tertiary/aromatic N) is 4. The number of carbonyl (C=O) groups excluding carboxylic acids is 1. The second-order valence-electron chi connectivity index (χ2n) is 5.73. The molecular formula is C19H14BrN5O. The maximum Gasteiger partial charge on any atom is 0.275 e. The van der Waals surface area contributed by atoms with E-state index in [9.17, 15) is 4.79 Å². The van der Waals surface area contributed by atoms with E-state index in [-0.39, 0.29) is 5.91 Å². The molecule has 0 saturated carbocycles. The molecule has 128 valence electrons. The quantitative estimate of drug-likeness (QED) is 0.554. The summed E-state index contributed by atoms with van der Waals surface area (Å²) in [7, 11) is 0. The number of fused-ring (bicyclic) bond motifs is 1. The number of benzene rings is 1. The summed E-state index contributed by atoms with van der Waals surface area (Å²) in [6.07, 6.45) is 5.31. The summed E-state index contributed by atoms with van der Waals surface area (Å²) in [5.41, 5.74) is 2.97. The van der Waals surface area contributed by atoms with Gasteiger partial charge >= 0.3 is 0 Å². The maximum atomic E-state index is 12.5. The number of pyridine rings is 1. The molecule has 26 heavy (non-hydrogen) atoms. The van der Waals surface area contributed by atoms with Crippen LogP contribution in [0.1, 0.15) is 16.1 Å². The van der Waals surface area contributed by atoms with E-state index in [1.54, 1.807) is 18.3 Å². The van der Waals surface area contributed by atoms with Crippen molar-refractivity contribution in [3.8, 4) is 11.3 Å². The van der Waals surface area contributed by atoms with Gasteiger partial charge in [-0.1, -0.05) is 46.3 Å². The molecule has 0 spiro atoms. The van der Waals surface area contributed by atoms with Crippen LogP contribution in [0.4, 0.5) is 5.82 Å². The van der Waals surface area contributed by atoms with Crippen LogP contribution < -0.4 is 5.32 Å². The van der Waals surface area contributed by atoms with Crippen molar-refractivity contribution in [2.45, 2.75) is 6.92 Å². The molecule has 0 atom stereocenters. The van der Waals surface area contributed by atoms with Gasteiger partial charge in [0.25, 0.3) is 5.91 Å². The van der Waals surface area contributed by atoms with Crippen molar-refractivity contribution < 1.29 is 4.79 Å². The lowest BCUT2D eigenvalue weighted by Gasteiger charge is -2.07. The number of anilines is 1. The Kier molecular flexibility index (Phi) is 4.22. The average molecular weight is 408 g/mol. The molecule has 3 aromatic heterocycles. The van der Waals surface area contributed by atoms with E-state index in [1.165, 1.54) is 0 Å². The van der Waals surface area contributed by atoms with E-state index in [0.29, 0.717) is 17.3 Å². The van der Waals surface area contributed by atoms with E-state index in [4.69, 9.17) is 0 Å². The summed E-state index contributed by atoms with van der Waals surface area (Å²) in [4.78, 5) is 25.6. The normalized spacial score (nSPS) is 10.8. The van der Waals surface area contributed by atoms with Gasteiger partial charge in [0.05, 0.1) is 5.69 Å². The first kappa shape index (κ1) is 16.4. The fourth-order valence-electron chi connectivity index (χ4n) is 2.61. The van der Waals surface area contributed by atoms with Crippen LogP contribution in [0.5, 0.6) is 0 Å². The Hall–Kier alpha value is -3.06. The number of hydrogen-bond donors (Lipinski definition) is 1. The zero-order valence-electron chi connectivity index (χ0n) is 13.8. The van der Waals surface area contributed by atoms with Crippen molar-refractivity contribution in [2.24, 2.45) is 0 Å². The summed E-state index contributed by atoms with van der Waals surface area (Å²) in [6.45, 7) is 1.84. The summed E-state index contributed by atoms with van der Waals surface area (Å²) in [5, 5.41) is 2.78. The van der Waals surface area contributed by atoms with Gasteiger partial charge < -0.3 is 5.32 Å². The van der Waals surface area contributed by atoms with Gasteiger partial charge in [-0.15, -0.1) is 0 Å². The van der Waals surface area contributed by atoms with Crippen LogP contribution >= 0.6 is 15.9 Å². The Morgan fingerprint density at radius 2 is 1.92 bits per heavy atom. The lowest BCUT2D eigenvalue weighted by atomic mass is 10.2. The molecule has 0 fully saturated rings. The summed E-state index contributed by atoms with van der Waals surface area (Å²) in [5.74, 6) is 0.630. The molecule has 3 heterocycles. The molecule has 1 amide bonds. The monoisotopic (exact) mass is 407 g/mol. The van der Waals surface area contributed by atoms with Crippen molar-refractivity contribution >= 4 is 33.4 Å². The maximum absolute atomic E-state index is 12.5. The third-order valence-corrected chi connectivity index (χ3v) is 4.85. The highest BCUT2D eigenvalue weighted by Gasteiger charge is 2.14. The second kappa shape index (κ2) is 6.68. The lowest BCUT2D eigenvalue weighted by Crippen LogP contribution is -2.16. The van der Waals surface area contributed by atoms with Crippen molar-refractivity contribution in [1.82, 2.24) is 19.4 Å². The zero-order valence-corrected chi connectivity index (χ0v) is 15.4. The highest BCUT2D eigenvalue weighted by Crippen LogP contribution is 2.20. The first-order valence-corrected chi connectivity index (χ1v) is 8.75. The number of rotatable bonds is 3. The summed E-state index contributed by atoms with van der Waals surface area (Å²) >= 11 is 3.41. The van der Waals surface area contributed by atoms with Crippen molar-refractivity contribution in [1.29, 1.82) is 0 Å². The van der Waals surface area contributed by atoms with E-state index in [1.807, 2.05) is 54.0 Å². The van der Waals surface area contributed by atoms with Crippen LogP contribution in [0.2, 0.25) is 0 Å². The summed E-state index contributed by atoms with van der Waals surface area (Å²) < 4.78 is 2.66. The Labute approximate surface area is 158 Å². The number of halogens is 1. The highest BCUT2D eigenvalue weighted by molar-refractivity contribution is 9.10. The Morgan fingerprint density at radius 1 is 1.12 bits per heavy atom. The van der Waals surface area contributed by atoms with Gasteiger partial charge in [-0.2, -0.15) is 4.98 Å². The average Bonchev–Trinajstić information content (AvgIpc) is 3.08. The SMILES string of the molecule is Cc1c(Br)ccnc1C(=O)Nc1ccn2cc(-c3ccccc3)nc2n1. The second-order valence-corrected chi connectivity index (χ2v) is 6.59. The molecule has 4 rings (SSSR count). The smallest absolute Gasteiger partial charge is 0.275 e. The molecule has 4 aromatic rings. The lowest BCUT2D eigenvalue weighted by molar-refractivity contribution is 0.102. The Morgan fingerprint density at radius 3 is 2.73 bits per heavy atom. The first-order valence-electron chi connectivity index (χ1n) is 7.95. The Bertz CT molecular complexity index is 1110. The fraction of sp³-hybridized carbons (Fsp3) is 0.0526. The molecule has 7 heteroatoms. The number of aromatic nitrogens is 4. The third-order valence-electron chi connectivity index (χ3n) is 3.99. The van der Waals surface area contributed by atoms with Gasteiger partial charge in [-0.3, -0.25) is 14.2 Å². The van der Waals surface area contributed by atoms with E-state index >= 15 is 0 Å². The van der Waals surface area contributed by atoms with Crippen LogP contribution in [-0.4, -0.2) is 25.3 Å². The van der Waals surface area contributed by atoms with Gasteiger partial charge in [0, 0.05) is 28.6 Å². The van der Waals surface area contributed by atoms with Crippen molar-refractivity contribution in [3.05, 3.63) is 76.8 Å². The predicted octanol–water partition coefficient (Wildman–Crippen LogP) is 4.11. The molecule has 6 nitrogen and oxygen atoms in total. The molecule has 1 N–H and O–H groups in total. The number of carbonyl (C=O) groups is 1. The topological polar surface area (TPSA) is 72.2 Å². The number of hydrogen-bond acceptors (Lipinski definition) is 4. The van der Waals surface area contributed by atoms with Crippen LogP contribution in [0.15, 0.2) is 65.5 Å². The fourth-order valence-corrected chi connectivity index (χ4v) is 2.91. The minimum absolute atomic E-state index is 0.310. The molecule has 0 aliphatic heterocycles. The first-order chi connectivity index (χ1) is 12.6. The molecule has 0 aliphatic rings. The Balaban J connectivity index is 1.63. The minimum Gasteiger partial charge on any atom is -0.305 e. The molecular weight excluding hydrogens is 394 g/mol. The van der Waals surface area contributed by atoms with Gasteiger partial charge in [0.15, 0.2) is 0 Å². The third kappa shape index (κ3) is 3.09. The van der Waals surface area contributed by atoms with Crippen LogP contribution in [-0.2, 0) is 0 Å². The van der Waals surface area contributed by atoms with Gasteiger partial charge in [0.2, 0.25) is 5.78 Å². The largest absolute Gasteiger partial charge is 0.305 e. The molecule has 0 unspecified atom stereocenters. The predicted molar refractivity (Wildman–Crippen MR) is 103 cm³/mol. The van der Waals surface area contributed by atoms with Gasteiger partial charge in [-0.25, -0.2) is 4.98 Å². The van der Waals surface area contributed by atoms with E-state index < -0.39 is 0 Å². The van der Waals surface area contributed by atoms with Gasteiger partial charge in [0.1, 0.15) is 11.5 Å². The van der Waals surface area contributed by atoms with Gasteiger partial charge in [-0.05, 0) is 24.6 Å². The zero-order chi connectivity index (χ0) is 18.1. The van der Waals surface area contributed by atoms with E-state index in [2.05, 4.69) is 36.2 Å².